The van der Waals surface area contributed by atoms with Crippen LogP contribution in [0.1, 0.15) is 43.2 Å². The second kappa shape index (κ2) is 8.97. The Balaban J connectivity index is 1.56. The summed E-state index contributed by atoms with van der Waals surface area (Å²) in [5.41, 5.74) is 1.69. The molecule has 2 amide bonds. The third-order valence-electron chi connectivity index (χ3n) is 5.10. The Morgan fingerprint density at radius 1 is 1.27 bits per heavy atom. The van der Waals surface area contributed by atoms with Crippen molar-refractivity contribution in [3.05, 3.63) is 41.3 Å². The van der Waals surface area contributed by atoms with Crippen molar-refractivity contribution < 1.29 is 22.5 Å². The summed E-state index contributed by atoms with van der Waals surface area (Å²) >= 11 is 0. The minimum absolute atomic E-state index is 0.0183. The van der Waals surface area contributed by atoms with Crippen molar-refractivity contribution in [3.63, 3.8) is 0 Å². The van der Waals surface area contributed by atoms with Crippen LogP contribution in [0.5, 0.6) is 0 Å². The normalized spacial score (nSPS) is 15.3. The van der Waals surface area contributed by atoms with Gasteiger partial charge in [-0.25, -0.2) is 8.42 Å². The number of carbonyl (C=O) groups excluding carboxylic acids is 2. The molecule has 1 saturated carbocycles. The van der Waals surface area contributed by atoms with Gasteiger partial charge in [0, 0.05) is 18.2 Å². The van der Waals surface area contributed by atoms with E-state index in [2.05, 4.69) is 20.5 Å². The minimum Gasteiger partial charge on any atom is -0.360 e. The molecule has 162 valence electrons. The fraction of sp³-hybridized carbons (Fsp3) is 0.450. The number of nitrogens with zero attached hydrogens (tertiary/aromatic N) is 1. The number of aromatic nitrogens is 1. The molecule has 0 saturated heterocycles. The molecule has 3 N–H and O–H groups in total. The Morgan fingerprint density at radius 2 is 2.00 bits per heavy atom. The van der Waals surface area contributed by atoms with E-state index in [1.807, 2.05) is 6.07 Å². The van der Waals surface area contributed by atoms with Crippen LogP contribution in [0.4, 0.5) is 5.69 Å². The maximum absolute atomic E-state index is 12.5. The molecule has 0 aliphatic heterocycles. The molecule has 1 aromatic heterocycles. The van der Waals surface area contributed by atoms with Crippen LogP contribution in [0.15, 0.2) is 33.7 Å². The van der Waals surface area contributed by atoms with E-state index in [1.54, 1.807) is 18.2 Å². The zero-order valence-corrected chi connectivity index (χ0v) is 18.0. The number of amides is 2. The number of anilines is 1. The smallest absolute Gasteiger partial charge is 0.246 e. The third-order valence-corrected chi connectivity index (χ3v) is 6.88. The lowest BCUT2D eigenvalue weighted by atomic mass is 9.85. The zero-order valence-electron chi connectivity index (χ0n) is 17.2. The van der Waals surface area contributed by atoms with Crippen LogP contribution < -0.4 is 15.4 Å². The molecule has 1 aliphatic carbocycles. The number of carbonyl (C=O) groups is 2. The van der Waals surface area contributed by atoms with Gasteiger partial charge in [0.05, 0.1) is 6.04 Å². The van der Waals surface area contributed by atoms with E-state index in [0.29, 0.717) is 5.69 Å². The van der Waals surface area contributed by atoms with Crippen LogP contribution in [0, 0.1) is 19.8 Å². The fourth-order valence-electron chi connectivity index (χ4n) is 3.22. The van der Waals surface area contributed by atoms with Crippen molar-refractivity contribution in [1.82, 2.24) is 15.2 Å². The average molecular weight is 435 g/mol. The Morgan fingerprint density at radius 3 is 2.60 bits per heavy atom. The summed E-state index contributed by atoms with van der Waals surface area (Å²) in [6, 6.07) is 6.20. The number of aryl methyl sites for hydroxylation is 2. The number of rotatable bonds is 8. The van der Waals surface area contributed by atoms with E-state index in [1.165, 1.54) is 20.8 Å². The van der Waals surface area contributed by atoms with Gasteiger partial charge in [0.25, 0.3) is 0 Å². The van der Waals surface area contributed by atoms with Crippen molar-refractivity contribution in [2.24, 2.45) is 5.92 Å². The molecule has 1 fully saturated rings. The molecule has 2 aromatic rings. The molecule has 10 heteroatoms. The van der Waals surface area contributed by atoms with Crippen molar-refractivity contribution in [2.45, 2.75) is 57.5 Å². The lowest BCUT2D eigenvalue weighted by Crippen LogP contribution is -2.44. The number of benzene rings is 1. The number of nitrogens with one attached hydrogen (secondary N) is 3. The molecule has 9 nitrogen and oxygen atoms in total. The standard InChI is InChI=1S/C20H26N4O5S/c1-12-18(14(3)29-23-12)30(27,28)24-13(2)19(25)21-11-15-6-4-9-17(10-15)22-20(26)16-7-5-8-16/h4,6,9-10,13,16,24H,5,7-8,11H2,1-3H3,(H,21,25)(H,22,26)/t13-/m0/s1. The summed E-state index contributed by atoms with van der Waals surface area (Å²) in [5, 5.41) is 9.23. The lowest BCUT2D eigenvalue weighted by molar-refractivity contribution is -0.123. The molecule has 1 atom stereocenters. The first-order valence-corrected chi connectivity index (χ1v) is 11.3. The Hall–Kier alpha value is -2.72. The lowest BCUT2D eigenvalue weighted by Gasteiger charge is -2.24. The van der Waals surface area contributed by atoms with Crippen molar-refractivity contribution in [3.8, 4) is 0 Å². The molecule has 0 unspecified atom stereocenters. The van der Waals surface area contributed by atoms with Crippen molar-refractivity contribution in [2.75, 3.05) is 5.32 Å². The van der Waals surface area contributed by atoms with Gasteiger partial charge in [-0.3, -0.25) is 9.59 Å². The summed E-state index contributed by atoms with van der Waals surface area (Å²) in [4.78, 5) is 24.4. The predicted octanol–water partition coefficient (Wildman–Crippen LogP) is 2.01. The number of hydrogen-bond acceptors (Lipinski definition) is 6. The van der Waals surface area contributed by atoms with Gasteiger partial charge in [-0.1, -0.05) is 23.7 Å². The molecule has 0 radical (unpaired) electrons. The molecular weight excluding hydrogens is 408 g/mol. The van der Waals surface area contributed by atoms with E-state index in [4.69, 9.17) is 4.52 Å². The van der Waals surface area contributed by atoms with Gasteiger partial charge in [0.2, 0.25) is 21.8 Å². The van der Waals surface area contributed by atoms with E-state index in [9.17, 15) is 18.0 Å². The van der Waals surface area contributed by atoms with Crippen LogP contribution in [0.2, 0.25) is 0 Å². The summed E-state index contributed by atoms with van der Waals surface area (Å²) in [7, 11) is -3.95. The summed E-state index contributed by atoms with van der Waals surface area (Å²) in [6.07, 6.45) is 2.93. The Kier molecular flexibility index (Phi) is 6.57. The van der Waals surface area contributed by atoms with Gasteiger partial charge in [0.15, 0.2) is 5.76 Å². The topological polar surface area (TPSA) is 130 Å². The molecule has 1 aliphatic rings. The highest BCUT2D eigenvalue weighted by Gasteiger charge is 2.28. The van der Waals surface area contributed by atoms with E-state index in [0.717, 1.165) is 24.8 Å². The van der Waals surface area contributed by atoms with Crippen LogP contribution in [0.3, 0.4) is 0 Å². The molecule has 0 bridgehead atoms. The second-order valence-corrected chi connectivity index (χ2v) is 9.18. The number of sulfonamides is 1. The van der Waals surface area contributed by atoms with Gasteiger partial charge >= 0.3 is 0 Å². The van der Waals surface area contributed by atoms with E-state index < -0.39 is 22.0 Å². The molecule has 0 spiro atoms. The molecule has 30 heavy (non-hydrogen) atoms. The highest BCUT2D eigenvalue weighted by atomic mass is 32.2. The summed E-state index contributed by atoms with van der Waals surface area (Å²) in [5.74, 6) is -0.215. The Labute approximate surface area is 175 Å². The first-order valence-electron chi connectivity index (χ1n) is 9.80. The van der Waals surface area contributed by atoms with E-state index >= 15 is 0 Å². The van der Waals surface area contributed by atoms with Gasteiger partial charge in [-0.05, 0) is 51.3 Å². The van der Waals surface area contributed by atoms with Gasteiger partial charge in [-0.2, -0.15) is 4.72 Å². The maximum atomic E-state index is 12.5. The number of hydrogen-bond donors (Lipinski definition) is 3. The second-order valence-electron chi connectivity index (χ2n) is 7.53. The summed E-state index contributed by atoms with van der Waals surface area (Å²) < 4.78 is 32.3. The SMILES string of the molecule is Cc1noc(C)c1S(=O)(=O)N[C@@H](C)C(=O)NCc1cccc(NC(=O)C2CCC2)c1. The molecule has 1 heterocycles. The summed E-state index contributed by atoms with van der Waals surface area (Å²) in [6.45, 7) is 4.67. The third kappa shape index (κ3) is 5.06. The van der Waals surface area contributed by atoms with Gasteiger partial charge < -0.3 is 15.2 Å². The van der Waals surface area contributed by atoms with Crippen LogP contribution >= 0.6 is 0 Å². The maximum Gasteiger partial charge on any atom is 0.246 e. The molecule has 1 aromatic carbocycles. The van der Waals surface area contributed by atoms with Gasteiger partial charge in [0.1, 0.15) is 10.6 Å². The Bertz CT molecular complexity index is 1020. The highest BCUT2D eigenvalue weighted by molar-refractivity contribution is 7.89. The van der Waals surface area contributed by atoms with Crippen LogP contribution in [-0.4, -0.2) is 31.4 Å². The van der Waals surface area contributed by atoms with Crippen molar-refractivity contribution in [1.29, 1.82) is 0 Å². The first-order chi connectivity index (χ1) is 14.2. The van der Waals surface area contributed by atoms with Gasteiger partial charge in [-0.15, -0.1) is 0 Å². The van der Waals surface area contributed by atoms with Crippen LogP contribution in [-0.2, 0) is 26.2 Å². The predicted molar refractivity (Wildman–Crippen MR) is 110 cm³/mol. The quantitative estimate of drug-likeness (QED) is 0.583. The monoisotopic (exact) mass is 434 g/mol. The fourth-order valence-corrected chi connectivity index (χ4v) is 4.75. The average Bonchev–Trinajstić information content (AvgIpc) is 2.97. The van der Waals surface area contributed by atoms with E-state index in [-0.39, 0.29) is 34.7 Å². The first kappa shape index (κ1) is 22.0. The highest BCUT2D eigenvalue weighted by Crippen LogP contribution is 2.27. The zero-order chi connectivity index (χ0) is 21.9. The molecule has 3 rings (SSSR count). The minimum atomic E-state index is -3.95. The largest absolute Gasteiger partial charge is 0.360 e. The van der Waals surface area contributed by atoms with Crippen molar-refractivity contribution >= 4 is 27.5 Å². The van der Waals surface area contributed by atoms with Crippen LogP contribution in [0.25, 0.3) is 0 Å². The molecular formula is C20H26N4O5S.